The molecule has 1 aliphatic rings. The molecular weight excluding hydrogens is 859 g/mol. The number of benzene rings is 12. The number of nitrogens with zero attached hydrogens (tertiary/aromatic N) is 1. The number of para-hydroxylation sites is 2. The van der Waals surface area contributed by atoms with E-state index in [1.54, 1.807) is 0 Å². The Hall–Kier alpha value is -9.24. The third-order valence-electron chi connectivity index (χ3n) is 14.9. The highest BCUT2D eigenvalue weighted by Gasteiger charge is 2.47. The summed E-state index contributed by atoms with van der Waals surface area (Å²) in [5, 5.41) is 7.03. The minimum Gasteiger partial charge on any atom is -0.455 e. The fraction of sp³-hybridized carbons (Fsp3) is 0.0145. The summed E-state index contributed by atoms with van der Waals surface area (Å²) in [6.45, 7) is 0. The summed E-state index contributed by atoms with van der Waals surface area (Å²) in [4.78, 5) is 2.48. The smallest absolute Gasteiger partial charge is 0.143 e. The van der Waals surface area contributed by atoms with Gasteiger partial charge in [0.25, 0.3) is 0 Å². The van der Waals surface area contributed by atoms with Crippen molar-refractivity contribution < 1.29 is 4.42 Å². The zero-order valence-electron chi connectivity index (χ0n) is 38.8. The van der Waals surface area contributed by atoms with Crippen molar-refractivity contribution in [1.29, 1.82) is 0 Å². The highest BCUT2D eigenvalue weighted by Crippen LogP contribution is 2.60. The van der Waals surface area contributed by atoms with Crippen LogP contribution in [-0.2, 0) is 5.41 Å². The third-order valence-corrected chi connectivity index (χ3v) is 14.9. The highest BCUT2D eigenvalue weighted by atomic mass is 16.3. The second-order valence-electron chi connectivity index (χ2n) is 18.7. The number of furan rings is 1. The first-order chi connectivity index (χ1) is 35.2. The monoisotopic (exact) mass is 903 g/mol. The molecule has 14 rings (SSSR count). The number of anilines is 3. The van der Waals surface area contributed by atoms with Gasteiger partial charge in [-0.05, 0) is 114 Å². The Morgan fingerprint density at radius 1 is 0.310 bits per heavy atom. The molecule has 12 aromatic carbocycles. The zero-order chi connectivity index (χ0) is 46.9. The summed E-state index contributed by atoms with van der Waals surface area (Å²) in [5.41, 5.74) is 18.5. The summed E-state index contributed by atoms with van der Waals surface area (Å²) in [6.07, 6.45) is 0. The van der Waals surface area contributed by atoms with E-state index in [1.807, 2.05) is 0 Å². The van der Waals surface area contributed by atoms with E-state index in [2.05, 4.69) is 278 Å². The number of rotatable bonds is 8. The molecule has 2 nitrogen and oxygen atoms in total. The Morgan fingerprint density at radius 2 is 0.859 bits per heavy atom. The molecule has 0 radical (unpaired) electrons. The van der Waals surface area contributed by atoms with Gasteiger partial charge in [-0.25, -0.2) is 0 Å². The van der Waals surface area contributed by atoms with Gasteiger partial charge >= 0.3 is 0 Å². The summed E-state index contributed by atoms with van der Waals surface area (Å²) in [5.74, 6) is 0. The van der Waals surface area contributed by atoms with Gasteiger partial charge in [-0.2, -0.15) is 0 Å². The molecule has 0 bridgehead atoms. The maximum absolute atomic E-state index is 6.96. The van der Waals surface area contributed by atoms with Gasteiger partial charge < -0.3 is 9.32 Å². The van der Waals surface area contributed by atoms with E-state index in [0.717, 1.165) is 50.1 Å². The fourth-order valence-electron chi connectivity index (χ4n) is 11.8. The molecular formula is C69H45NO. The summed E-state index contributed by atoms with van der Waals surface area (Å²) < 4.78 is 6.96. The van der Waals surface area contributed by atoms with Crippen molar-refractivity contribution in [2.45, 2.75) is 5.41 Å². The molecule has 332 valence electrons. The van der Waals surface area contributed by atoms with Gasteiger partial charge in [0.15, 0.2) is 0 Å². The van der Waals surface area contributed by atoms with Crippen molar-refractivity contribution in [2.24, 2.45) is 0 Å². The first kappa shape index (κ1) is 40.8. The molecule has 0 fully saturated rings. The van der Waals surface area contributed by atoms with Crippen LogP contribution in [0.4, 0.5) is 17.1 Å². The van der Waals surface area contributed by atoms with E-state index in [9.17, 15) is 0 Å². The molecule has 1 aliphatic carbocycles. The molecule has 71 heavy (non-hydrogen) atoms. The molecule has 1 atom stereocenters. The van der Waals surface area contributed by atoms with Crippen LogP contribution in [0.3, 0.4) is 0 Å². The molecule has 0 amide bonds. The van der Waals surface area contributed by atoms with Crippen molar-refractivity contribution in [3.05, 3.63) is 295 Å². The standard InChI is InChI=1S/C69H45NO/c1-3-18-46(19-4-1)47-36-40-52(41-37-47)69(51-24-5-2-6-25-51)63-33-13-11-29-61(63)67-62(60-32-17-31-59-58-28-12-14-35-66(58)71-68(59)60)44-54(45-64(67)69)70(65-34-16-23-49-21-8-10-27-57(49)65)53-42-38-50(39-43-53)56-30-15-22-48-20-7-9-26-55(48)56/h1-45H. The topological polar surface area (TPSA) is 16.4 Å². The number of hydrogen-bond acceptors (Lipinski definition) is 2. The van der Waals surface area contributed by atoms with Crippen LogP contribution >= 0.6 is 0 Å². The lowest BCUT2D eigenvalue weighted by Crippen LogP contribution is -2.29. The predicted octanol–water partition coefficient (Wildman–Crippen LogP) is 18.7. The van der Waals surface area contributed by atoms with Crippen LogP contribution in [-0.4, -0.2) is 0 Å². The van der Waals surface area contributed by atoms with Gasteiger partial charge in [0.05, 0.1) is 11.1 Å². The Labute approximate surface area is 413 Å². The van der Waals surface area contributed by atoms with Crippen molar-refractivity contribution in [2.75, 3.05) is 4.90 Å². The molecule has 0 saturated heterocycles. The maximum Gasteiger partial charge on any atom is 0.143 e. The summed E-state index contributed by atoms with van der Waals surface area (Å²) in [7, 11) is 0. The first-order valence-electron chi connectivity index (χ1n) is 24.5. The van der Waals surface area contributed by atoms with Crippen molar-refractivity contribution in [3.63, 3.8) is 0 Å². The summed E-state index contributed by atoms with van der Waals surface area (Å²) in [6, 6.07) is 100. The Balaban J connectivity index is 1.09. The lowest BCUT2D eigenvalue weighted by molar-refractivity contribution is 0.670. The largest absolute Gasteiger partial charge is 0.455 e. The maximum atomic E-state index is 6.96. The van der Waals surface area contributed by atoms with E-state index in [0.29, 0.717) is 0 Å². The third kappa shape index (κ3) is 6.42. The molecule has 2 heteroatoms. The van der Waals surface area contributed by atoms with Crippen LogP contribution in [0, 0.1) is 0 Å². The second-order valence-corrected chi connectivity index (χ2v) is 18.7. The van der Waals surface area contributed by atoms with Crippen LogP contribution in [0.2, 0.25) is 0 Å². The summed E-state index contributed by atoms with van der Waals surface area (Å²) >= 11 is 0. The van der Waals surface area contributed by atoms with Crippen LogP contribution in [0.25, 0.3) is 88.0 Å². The first-order valence-corrected chi connectivity index (χ1v) is 24.5. The highest BCUT2D eigenvalue weighted by molar-refractivity contribution is 6.12. The van der Waals surface area contributed by atoms with Gasteiger partial charge in [0, 0.05) is 33.1 Å². The van der Waals surface area contributed by atoms with Crippen LogP contribution in [0.1, 0.15) is 22.3 Å². The molecule has 0 N–H and O–H groups in total. The molecule has 1 unspecified atom stereocenters. The van der Waals surface area contributed by atoms with E-state index in [1.165, 1.54) is 77.2 Å². The quantitative estimate of drug-likeness (QED) is 0.151. The van der Waals surface area contributed by atoms with Gasteiger partial charge in [0.1, 0.15) is 11.2 Å². The average Bonchev–Trinajstić information content (AvgIpc) is 3.98. The Bertz CT molecular complexity index is 4140. The molecule has 1 aromatic heterocycles. The van der Waals surface area contributed by atoms with E-state index >= 15 is 0 Å². The molecule has 0 spiro atoms. The minimum atomic E-state index is -0.697. The normalized spacial score (nSPS) is 14.0. The molecule has 0 aliphatic heterocycles. The fourth-order valence-corrected chi connectivity index (χ4v) is 11.8. The Kier molecular flexibility index (Phi) is 9.47. The number of fused-ring (bicyclic) bond motifs is 8. The van der Waals surface area contributed by atoms with Gasteiger partial charge in [-0.3, -0.25) is 0 Å². The zero-order valence-corrected chi connectivity index (χ0v) is 38.8. The average molecular weight is 904 g/mol. The van der Waals surface area contributed by atoms with Crippen LogP contribution in [0.5, 0.6) is 0 Å². The molecule has 13 aromatic rings. The minimum absolute atomic E-state index is 0.697. The molecule has 0 saturated carbocycles. The van der Waals surface area contributed by atoms with Gasteiger partial charge in [0.2, 0.25) is 0 Å². The van der Waals surface area contributed by atoms with Crippen molar-refractivity contribution >= 4 is 60.5 Å². The van der Waals surface area contributed by atoms with Crippen molar-refractivity contribution in [1.82, 2.24) is 0 Å². The predicted molar refractivity (Wildman–Crippen MR) is 297 cm³/mol. The van der Waals surface area contributed by atoms with Gasteiger partial charge in [-0.1, -0.05) is 237 Å². The lowest BCUT2D eigenvalue weighted by Gasteiger charge is -2.35. The number of hydrogen-bond donors (Lipinski definition) is 0. The van der Waals surface area contributed by atoms with Crippen LogP contribution in [0.15, 0.2) is 277 Å². The van der Waals surface area contributed by atoms with E-state index < -0.39 is 5.41 Å². The SMILES string of the molecule is c1ccc(-c2ccc(C3(c4ccccc4)c4ccccc4-c4c(-c5cccc6c5oc5ccccc56)cc(N(c5ccc(-c6cccc7ccccc67)cc5)c5cccc6ccccc56)cc43)cc2)cc1. The molecule has 1 heterocycles. The van der Waals surface area contributed by atoms with E-state index in [4.69, 9.17) is 4.42 Å². The van der Waals surface area contributed by atoms with Gasteiger partial charge in [-0.15, -0.1) is 0 Å². The Morgan fingerprint density at radius 3 is 1.66 bits per heavy atom. The van der Waals surface area contributed by atoms with Crippen molar-refractivity contribution in [3.8, 4) is 44.5 Å². The van der Waals surface area contributed by atoms with Crippen LogP contribution < -0.4 is 4.90 Å². The second kappa shape index (κ2) is 16.5. The van der Waals surface area contributed by atoms with E-state index in [-0.39, 0.29) is 0 Å². The lowest BCUT2D eigenvalue weighted by atomic mass is 9.67.